The van der Waals surface area contributed by atoms with Crippen LogP contribution in [0.5, 0.6) is 11.5 Å². The predicted molar refractivity (Wildman–Crippen MR) is 95.5 cm³/mol. The number of rotatable bonds is 4. The van der Waals surface area contributed by atoms with Crippen molar-refractivity contribution < 1.29 is 14.3 Å². The van der Waals surface area contributed by atoms with Crippen LogP contribution in [0.15, 0.2) is 59.9 Å². The van der Waals surface area contributed by atoms with E-state index in [4.69, 9.17) is 9.47 Å². The van der Waals surface area contributed by atoms with Gasteiger partial charge in [0.05, 0.1) is 5.56 Å². The molecule has 0 saturated carbocycles. The fourth-order valence-corrected chi connectivity index (χ4v) is 2.47. The Morgan fingerprint density at radius 3 is 2.75 bits per heavy atom. The molecule has 2 aromatic rings. The van der Waals surface area contributed by atoms with Gasteiger partial charge in [-0.15, -0.1) is 0 Å². The van der Waals surface area contributed by atoms with Crippen LogP contribution in [0, 0.1) is 6.92 Å². The van der Waals surface area contributed by atoms with Gasteiger partial charge in [-0.3, -0.25) is 4.79 Å². The topological polar surface area (TPSA) is 35.5 Å². The molecule has 0 bridgehead atoms. The number of hydrogen-bond donors (Lipinski definition) is 0. The Kier molecular flexibility index (Phi) is 4.52. The first-order chi connectivity index (χ1) is 11.5. The lowest BCUT2D eigenvalue weighted by molar-refractivity contribution is 0.101. The van der Waals surface area contributed by atoms with Crippen LogP contribution in [0.3, 0.4) is 0 Å². The molecule has 0 unspecified atom stereocenters. The summed E-state index contributed by atoms with van der Waals surface area (Å²) in [5.41, 5.74) is 3.86. The lowest BCUT2D eigenvalue weighted by Gasteiger charge is -2.05. The molecule has 0 aliphatic carbocycles. The average Bonchev–Trinajstić information content (AvgIpc) is 2.83. The van der Waals surface area contributed by atoms with Crippen LogP contribution < -0.4 is 9.47 Å². The summed E-state index contributed by atoms with van der Waals surface area (Å²) in [6, 6.07) is 13.3. The highest BCUT2D eigenvalue weighted by Crippen LogP contribution is 2.34. The van der Waals surface area contributed by atoms with Crippen molar-refractivity contribution in [3.05, 3.63) is 76.6 Å². The fourth-order valence-electron chi connectivity index (χ4n) is 2.47. The zero-order valence-corrected chi connectivity index (χ0v) is 14.1. The van der Waals surface area contributed by atoms with Crippen molar-refractivity contribution in [2.75, 3.05) is 6.61 Å². The molecule has 0 amide bonds. The zero-order chi connectivity index (χ0) is 17.1. The number of hydrogen-bond acceptors (Lipinski definition) is 3. The number of ketones is 1. The number of carbonyl (C=O) groups excluding carboxylic acids is 1. The Hall–Kier alpha value is -2.81. The molecule has 3 rings (SSSR count). The molecule has 2 aromatic carbocycles. The van der Waals surface area contributed by atoms with Crippen molar-refractivity contribution in [3.63, 3.8) is 0 Å². The van der Waals surface area contributed by atoms with Crippen LogP contribution in [0.1, 0.15) is 35.3 Å². The van der Waals surface area contributed by atoms with Gasteiger partial charge < -0.3 is 9.47 Å². The van der Waals surface area contributed by atoms with Crippen LogP contribution >= 0.6 is 0 Å². The number of Topliss-reactive ketones (excluding diaryl/α,β-unsaturated/α-hetero) is 1. The molecule has 3 nitrogen and oxygen atoms in total. The molecule has 1 aliphatic heterocycles. The van der Waals surface area contributed by atoms with Gasteiger partial charge in [0.25, 0.3) is 0 Å². The summed E-state index contributed by atoms with van der Waals surface area (Å²) in [5, 5.41) is 0. The normalized spacial score (nSPS) is 14.3. The number of fused-ring (bicyclic) bond motifs is 1. The van der Waals surface area contributed by atoms with E-state index in [2.05, 4.69) is 0 Å². The highest BCUT2D eigenvalue weighted by Gasteiger charge is 2.27. The predicted octanol–water partition coefficient (Wildman–Crippen LogP) is 4.96. The summed E-state index contributed by atoms with van der Waals surface area (Å²) in [4.78, 5) is 12.5. The highest BCUT2D eigenvalue weighted by atomic mass is 16.5. The van der Waals surface area contributed by atoms with Crippen LogP contribution in [0.4, 0.5) is 0 Å². The Morgan fingerprint density at radius 1 is 1.17 bits per heavy atom. The highest BCUT2D eigenvalue weighted by molar-refractivity contribution is 6.14. The first kappa shape index (κ1) is 16.1. The monoisotopic (exact) mass is 320 g/mol. The van der Waals surface area contributed by atoms with Gasteiger partial charge in [-0.25, -0.2) is 0 Å². The molecule has 1 aliphatic rings. The lowest BCUT2D eigenvalue weighted by Crippen LogP contribution is -1.98. The van der Waals surface area contributed by atoms with E-state index in [1.54, 1.807) is 24.3 Å². The number of benzene rings is 2. The van der Waals surface area contributed by atoms with Crippen molar-refractivity contribution in [3.8, 4) is 11.5 Å². The Morgan fingerprint density at radius 2 is 2.00 bits per heavy atom. The fraction of sp³-hybridized carbons (Fsp3) is 0.190. The third-order valence-corrected chi connectivity index (χ3v) is 3.72. The van der Waals surface area contributed by atoms with Gasteiger partial charge >= 0.3 is 0 Å². The van der Waals surface area contributed by atoms with Gasteiger partial charge in [-0.2, -0.15) is 0 Å². The van der Waals surface area contributed by atoms with Crippen LogP contribution in [-0.2, 0) is 0 Å². The van der Waals surface area contributed by atoms with E-state index in [0.717, 1.165) is 11.1 Å². The van der Waals surface area contributed by atoms with E-state index in [1.165, 1.54) is 5.57 Å². The van der Waals surface area contributed by atoms with Crippen LogP contribution in [-0.4, -0.2) is 12.4 Å². The molecule has 122 valence electrons. The van der Waals surface area contributed by atoms with E-state index >= 15 is 0 Å². The van der Waals surface area contributed by atoms with Gasteiger partial charge in [0.15, 0.2) is 5.76 Å². The third kappa shape index (κ3) is 3.57. The lowest BCUT2D eigenvalue weighted by atomic mass is 10.1. The maximum Gasteiger partial charge on any atom is 0.231 e. The standard InChI is InChI=1S/C21H20O3/c1-14(2)9-10-23-17-7-8-18-19(13-17)24-20(21(18)22)12-16-6-4-5-15(3)11-16/h4-9,11-13H,10H2,1-3H3. The number of aryl methyl sites for hydroxylation is 1. The third-order valence-electron chi connectivity index (χ3n) is 3.72. The van der Waals surface area contributed by atoms with E-state index in [0.29, 0.717) is 29.4 Å². The first-order valence-electron chi connectivity index (χ1n) is 7.94. The second kappa shape index (κ2) is 6.75. The molecule has 0 radical (unpaired) electrons. The smallest absolute Gasteiger partial charge is 0.231 e. The molecule has 0 atom stereocenters. The quantitative estimate of drug-likeness (QED) is 0.590. The van der Waals surface area contributed by atoms with Gasteiger partial charge in [-0.05, 0) is 50.6 Å². The minimum absolute atomic E-state index is 0.0950. The summed E-state index contributed by atoms with van der Waals surface area (Å²) < 4.78 is 11.4. The Bertz CT molecular complexity index is 840. The minimum atomic E-state index is -0.0950. The maximum atomic E-state index is 12.5. The molecule has 0 fully saturated rings. The number of ether oxygens (including phenoxy) is 2. The Labute approximate surface area is 142 Å². The second-order valence-corrected chi connectivity index (χ2v) is 6.10. The summed E-state index contributed by atoms with van der Waals surface area (Å²) in [6.45, 7) is 6.57. The molecular formula is C21H20O3. The summed E-state index contributed by atoms with van der Waals surface area (Å²) in [6.07, 6.45) is 3.78. The molecule has 0 N–H and O–H groups in total. The zero-order valence-electron chi connectivity index (χ0n) is 14.1. The minimum Gasteiger partial charge on any atom is -0.489 e. The van der Waals surface area contributed by atoms with Gasteiger partial charge in [-0.1, -0.05) is 35.4 Å². The molecule has 24 heavy (non-hydrogen) atoms. The van der Waals surface area contributed by atoms with Crippen LogP contribution in [0.2, 0.25) is 0 Å². The van der Waals surface area contributed by atoms with E-state index in [-0.39, 0.29) is 5.78 Å². The number of allylic oxidation sites excluding steroid dienone is 2. The van der Waals surface area contributed by atoms with Gasteiger partial charge in [0.1, 0.15) is 18.1 Å². The Balaban J connectivity index is 1.81. The van der Waals surface area contributed by atoms with E-state index < -0.39 is 0 Å². The molecule has 0 spiro atoms. The number of carbonyl (C=O) groups is 1. The second-order valence-electron chi connectivity index (χ2n) is 6.10. The van der Waals surface area contributed by atoms with Gasteiger partial charge in [0, 0.05) is 6.07 Å². The largest absolute Gasteiger partial charge is 0.489 e. The molecule has 1 heterocycles. The molecular weight excluding hydrogens is 300 g/mol. The van der Waals surface area contributed by atoms with Crippen molar-refractivity contribution in [1.82, 2.24) is 0 Å². The van der Waals surface area contributed by atoms with Crippen molar-refractivity contribution in [2.24, 2.45) is 0 Å². The summed E-state index contributed by atoms with van der Waals surface area (Å²) >= 11 is 0. The summed E-state index contributed by atoms with van der Waals surface area (Å²) in [7, 11) is 0. The molecule has 3 heteroatoms. The first-order valence-corrected chi connectivity index (χ1v) is 7.94. The average molecular weight is 320 g/mol. The SMILES string of the molecule is CC(C)=CCOc1ccc2c(c1)OC(=Cc1cccc(C)c1)C2=O. The molecule has 0 aromatic heterocycles. The van der Waals surface area contributed by atoms with Crippen molar-refractivity contribution in [1.29, 1.82) is 0 Å². The van der Waals surface area contributed by atoms with Crippen molar-refractivity contribution in [2.45, 2.75) is 20.8 Å². The van der Waals surface area contributed by atoms with E-state index in [1.807, 2.05) is 51.1 Å². The van der Waals surface area contributed by atoms with Crippen molar-refractivity contribution >= 4 is 11.9 Å². The molecule has 0 saturated heterocycles. The van der Waals surface area contributed by atoms with E-state index in [9.17, 15) is 4.79 Å². The maximum absolute atomic E-state index is 12.5. The van der Waals surface area contributed by atoms with Gasteiger partial charge in [0.2, 0.25) is 5.78 Å². The van der Waals surface area contributed by atoms with Crippen LogP contribution in [0.25, 0.3) is 6.08 Å². The summed E-state index contributed by atoms with van der Waals surface area (Å²) in [5.74, 6) is 1.49.